The van der Waals surface area contributed by atoms with Gasteiger partial charge in [0.25, 0.3) is 0 Å². The lowest BCUT2D eigenvalue weighted by Gasteiger charge is -2.23. The normalized spacial score (nSPS) is 20.6. The minimum absolute atomic E-state index is 0.604. The minimum atomic E-state index is 0.604. The van der Waals surface area contributed by atoms with E-state index in [4.69, 9.17) is 4.74 Å². The van der Waals surface area contributed by atoms with Crippen LogP contribution in [0.15, 0.2) is 22.7 Å². The highest BCUT2D eigenvalue weighted by atomic mass is 79.9. The summed E-state index contributed by atoms with van der Waals surface area (Å²) in [5.41, 5.74) is 1.38. The Kier molecular flexibility index (Phi) is 6.37. The van der Waals surface area contributed by atoms with Crippen molar-refractivity contribution in [3.05, 3.63) is 28.2 Å². The molecule has 2 rings (SSSR count). The van der Waals surface area contributed by atoms with E-state index in [0.717, 1.165) is 29.8 Å². The van der Waals surface area contributed by atoms with E-state index in [2.05, 4.69) is 53.3 Å². The third-order valence-electron chi connectivity index (χ3n) is 4.27. The average molecular weight is 340 g/mol. The van der Waals surface area contributed by atoms with Gasteiger partial charge in [0.2, 0.25) is 0 Å². The predicted molar refractivity (Wildman–Crippen MR) is 88.6 cm³/mol. The van der Waals surface area contributed by atoms with Crippen molar-refractivity contribution in [2.75, 3.05) is 13.2 Å². The molecule has 1 aromatic carbocycles. The second-order valence-corrected chi connectivity index (χ2v) is 6.64. The molecule has 1 saturated heterocycles. The first-order chi connectivity index (χ1) is 9.70. The van der Waals surface area contributed by atoms with Gasteiger partial charge >= 0.3 is 0 Å². The molecular weight excluding hydrogens is 314 g/mol. The molecule has 0 radical (unpaired) electrons. The van der Waals surface area contributed by atoms with Crippen LogP contribution in [0.3, 0.4) is 0 Å². The van der Waals surface area contributed by atoms with Gasteiger partial charge in [-0.15, -0.1) is 0 Å². The maximum absolute atomic E-state index is 5.92. The molecule has 0 aliphatic carbocycles. The van der Waals surface area contributed by atoms with Gasteiger partial charge < -0.3 is 10.1 Å². The molecule has 2 nitrogen and oxygen atoms in total. The summed E-state index contributed by atoms with van der Waals surface area (Å²) < 4.78 is 7.00. The van der Waals surface area contributed by atoms with E-state index in [1.54, 1.807) is 0 Å². The number of hydrogen-bond acceptors (Lipinski definition) is 2. The van der Waals surface area contributed by atoms with Crippen molar-refractivity contribution in [3.63, 3.8) is 0 Å². The first kappa shape index (κ1) is 15.8. The Hall–Kier alpha value is -0.540. The van der Waals surface area contributed by atoms with Gasteiger partial charge in [-0.1, -0.05) is 26.3 Å². The predicted octanol–water partition coefficient (Wildman–Crippen LogP) is 4.87. The molecule has 2 atom stereocenters. The smallest absolute Gasteiger partial charge is 0.133 e. The Morgan fingerprint density at radius 1 is 1.40 bits per heavy atom. The van der Waals surface area contributed by atoms with Gasteiger partial charge in [-0.3, -0.25) is 0 Å². The van der Waals surface area contributed by atoms with Gasteiger partial charge in [0.1, 0.15) is 5.75 Å². The molecule has 0 spiro atoms. The van der Waals surface area contributed by atoms with Crippen molar-refractivity contribution >= 4 is 15.9 Å². The van der Waals surface area contributed by atoms with Crippen LogP contribution in [-0.4, -0.2) is 19.2 Å². The lowest BCUT2D eigenvalue weighted by molar-refractivity contribution is 0.267. The largest absolute Gasteiger partial charge is 0.492 e. The molecule has 0 bridgehead atoms. The molecule has 112 valence electrons. The zero-order valence-electron chi connectivity index (χ0n) is 12.6. The highest BCUT2D eigenvalue weighted by molar-refractivity contribution is 9.10. The fraction of sp³-hybridized carbons (Fsp3) is 0.647. The van der Waals surface area contributed by atoms with E-state index >= 15 is 0 Å². The highest BCUT2D eigenvalue weighted by Crippen LogP contribution is 2.30. The van der Waals surface area contributed by atoms with Gasteiger partial charge in [-0.2, -0.15) is 0 Å². The summed E-state index contributed by atoms with van der Waals surface area (Å²) in [7, 11) is 0. The molecule has 0 amide bonds. The Labute approximate surface area is 131 Å². The van der Waals surface area contributed by atoms with Gasteiger partial charge in [0.15, 0.2) is 0 Å². The number of halogens is 1. The van der Waals surface area contributed by atoms with Gasteiger partial charge in [-0.05, 0) is 71.8 Å². The van der Waals surface area contributed by atoms with E-state index in [9.17, 15) is 0 Å². The van der Waals surface area contributed by atoms with Crippen LogP contribution in [0, 0.1) is 0 Å². The average Bonchev–Trinajstić information content (AvgIpc) is 2.49. The van der Waals surface area contributed by atoms with Crippen molar-refractivity contribution in [1.82, 2.24) is 5.32 Å². The third kappa shape index (κ3) is 4.49. The quantitative estimate of drug-likeness (QED) is 0.797. The van der Waals surface area contributed by atoms with E-state index in [-0.39, 0.29) is 0 Å². The first-order valence-corrected chi connectivity index (χ1v) is 8.65. The molecule has 3 heteroatoms. The summed E-state index contributed by atoms with van der Waals surface area (Å²) in [6.07, 6.45) is 6.22. The number of ether oxygens (including phenoxy) is 1. The van der Waals surface area contributed by atoms with Crippen LogP contribution in [-0.2, 0) is 0 Å². The van der Waals surface area contributed by atoms with Gasteiger partial charge in [0.05, 0.1) is 11.1 Å². The Bertz CT molecular complexity index is 415. The molecular formula is C17H26BrNO. The number of benzene rings is 1. The van der Waals surface area contributed by atoms with Crippen LogP contribution < -0.4 is 10.1 Å². The third-order valence-corrected chi connectivity index (χ3v) is 4.89. The Balaban J connectivity index is 1.83. The van der Waals surface area contributed by atoms with E-state index in [0.29, 0.717) is 12.0 Å². The number of piperidine rings is 1. The molecule has 20 heavy (non-hydrogen) atoms. The van der Waals surface area contributed by atoms with Crippen molar-refractivity contribution in [3.8, 4) is 5.75 Å². The minimum Gasteiger partial charge on any atom is -0.492 e. The fourth-order valence-corrected chi connectivity index (χ4v) is 3.17. The second kappa shape index (κ2) is 8.04. The Morgan fingerprint density at radius 3 is 2.90 bits per heavy atom. The van der Waals surface area contributed by atoms with Crippen LogP contribution in [0.5, 0.6) is 5.75 Å². The maximum atomic E-state index is 5.92. The lowest BCUT2D eigenvalue weighted by atomic mass is 9.99. The highest BCUT2D eigenvalue weighted by Gasteiger charge is 2.13. The van der Waals surface area contributed by atoms with Crippen LogP contribution >= 0.6 is 15.9 Å². The van der Waals surface area contributed by atoms with Crippen LogP contribution in [0.2, 0.25) is 0 Å². The topological polar surface area (TPSA) is 21.3 Å². The number of hydrogen-bond donors (Lipinski definition) is 1. The van der Waals surface area contributed by atoms with E-state index < -0.39 is 0 Å². The monoisotopic (exact) mass is 339 g/mol. The number of rotatable bonds is 6. The summed E-state index contributed by atoms with van der Waals surface area (Å²) in [5, 5.41) is 3.56. The molecule has 1 aromatic rings. The summed E-state index contributed by atoms with van der Waals surface area (Å²) in [6.45, 7) is 6.44. The first-order valence-electron chi connectivity index (χ1n) is 7.86. The second-order valence-electron chi connectivity index (χ2n) is 5.78. The molecule has 1 fully saturated rings. The molecule has 2 unspecified atom stereocenters. The summed E-state index contributed by atoms with van der Waals surface area (Å²) >= 11 is 3.63. The van der Waals surface area contributed by atoms with Crippen molar-refractivity contribution in [2.45, 2.75) is 57.9 Å². The fourth-order valence-electron chi connectivity index (χ4n) is 2.66. The zero-order chi connectivity index (χ0) is 14.4. The molecule has 1 aliphatic rings. The van der Waals surface area contributed by atoms with E-state index in [1.165, 1.54) is 31.2 Å². The maximum Gasteiger partial charge on any atom is 0.133 e. The molecule has 1 heterocycles. The van der Waals surface area contributed by atoms with Gasteiger partial charge in [-0.25, -0.2) is 0 Å². The van der Waals surface area contributed by atoms with Crippen molar-refractivity contribution < 1.29 is 4.74 Å². The molecule has 1 aliphatic heterocycles. The van der Waals surface area contributed by atoms with E-state index in [1.807, 2.05) is 0 Å². The van der Waals surface area contributed by atoms with Crippen LogP contribution in [0.4, 0.5) is 0 Å². The lowest BCUT2D eigenvalue weighted by Crippen LogP contribution is -2.35. The molecule has 0 aromatic heterocycles. The van der Waals surface area contributed by atoms with Crippen molar-refractivity contribution in [2.24, 2.45) is 0 Å². The Morgan fingerprint density at radius 2 is 2.25 bits per heavy atom. The summed E-state index contributed by atoms with van der Waals surface area (Å²) in [4.78, 5) is 0. The molecule has 0 saturated carbocycles. The van der Waals surface area contributed by atoms with Crippen LogP contribution in [0.25, 0.3) is 0 Å². The summed E-state index contributed by atoms with van der Waals surface area (Å²) in [6, 6.07) is 7.12. The SMILES string of the molecule is CCC(C)c1ccc(OCCC2CCCCN2)c(Br)c1. The standard InChI is InChI=1S/C17H26BrNO/c1-3-13(2)14-7-8-17(16(18)12-14)20-11-9-15-6-4-5-10-19-15/h7-8,12-13,15,19H,3-6,9-11H2,1-2H3. The number of nitrogens with one attached hydrogen (secondary N) is 1. The zero-order valence-corrected chi connectivity index (χ0v) is 14.2. The van der Waals surface area contributed by atoms with Crippen LogP contribution in [0.1, 0.15) is 57.4 Å². The van der Waals surface area contributed by atoms with Gasteiger partial charge in [0, 0.05) is 6.04 Å². The summed E-state index contributed by atoms with van der Waals surface area (Å²) in [5.74, 6) is 1.57. The van der Waals surface area contributed by atoms with Crippen molar-refractivity contribution in [1.29, 1.82) is 0 Å². The molecule has 1 N–H and O–H groups in total.